The smallest absolute Gasteiger partial charge is 0.298 e. The third-order valence-electron chi connectivity index (χ3n) is 5.40. The average Bonchev–Trinajstić information content (AvgIpc) is 2.73. The van der Waals surface area contributed by atoms with Crippen LogP contribution in [0.25, 0.3) is 0 Å². The standard InChI is InChI=1S/C25H36O5S/c1-2-3-4-5-6-7-8-9-10-11-12-14-21-15-13-16-23(19-21)30-24-18-17-22(26)20-25(24)31(27,28)29/h13,15-20,26H,2-12,14H2,1H3,(H,27,28,29). The molecule has 0 amide bonds. The van der Waals surface area contributed by atoms with Crippen LogP contribution in [0.15, 0.2) is 47.4 Å². The highest BCUT2D eigenvalue weighted by Gasteiger charge is 2.18. The summed E-state index contributed by atoms with van der Waals surface area (Å²) in [7, 11) is -4.50. The molecule has 0 bridgehead atoms. The minimum atomic E-state index is -4.50. The van der Waals surface area contributed by atoms with E-state index >= 15 is 0 Å². The van der Waals surface area contributed by atoms with Crippen molar-refractivity contribution in [1.29, 1.82) is 0 Å². The van der Waals surface area contributed by atoms with Crippen molar-refractivity contribution in [1.82, 2.24) is 0 Å². The summed E-state index contributed by atoms with van der Waals surface area (Å²) in [6.45, 7) is 2.25. The van der Waals surface area contributed by atoms with Crippen molar-refractivity contribution < 1.29 is 22.8 Å². The van der Waals surface area contributed by atoms with Gasteiger partial charge in [0.2, 0.25) is 0 Å². The fraction of sp³-hybridized carbons (Fsp3) is 0.520. The highest BCUT2D eigenvalue weighted by molar-refractivity contribution is 7.86. The summed E-state index contributed by atoms with van der Waals surface area (Å²) in [6, 6.07) is 11.1. The van der Waals surface area contributed by atoms with Crippen molar-refractivity contribution in [3.05, 3.63) is 48.0 Å². The van der Waals surface area contributed by atoms with Crippen molar-refractivity contribution in [2.45, 2.75) is 88.9 Å². The topological polar surface area (TPSA) is 83.8 Å². The maximum atomic E-state index is 11.6. The van der Waals surface area contributed by atoms with E-state index in [1.54, 1.807) is 6.07 Å². The molecule has 0 saturated heterocycles. The molecule has 2 N–H and O–H groups in total. The van der Waals surface area contributed by atoms with Gasteiger partial charge in [0.25, 0.3) is 10.1 Å². The van der Waals surface area contributed by atoms with Gasteiger partial charge in [-0.3, -0.25) is 4.55 Å². The number of rotatable bonds is 15. The van der Waals surface area contributed by atoms with E-state index < -0.39 is 15.0 Å². The van der Waals surface area contributed by atoms with E-state index in [4.69, 9.17) is 4.74 Å². The van der Waals surface area contributed by atoms with Gasteiger partial charge in [0.15, 0.2) is 0 Å². The average molecular weight is 449 g/mol. The zero-order chi connectivity index (χ0) is 22.5. The van der Waals surface area contributed by atoms with Crippen molar-refractivity contribution >= 4 is 10.1 Å². The first-order valence-electron chi connectivity index (χ1n) is 11.5. The summed E-state index contributed by atoms with van der Waals surface area (Å²) in [5, 5.41) is 9.51. The number of benzene rings is 2. The Bertz CT molecular complexity index is 893. The minimum Gasteiger partial charge on any atom is -0.508 e. The zero-order valence-electron chi connectivity index (χ0n) is 18.6. The van der Waals surface area contributed by atoms with Gasteiger partial charge < -0.3 is 9.84 Å². The number of phenols is 1. The van der Waals surface area contributed by atoms with E-state index in [-0.39, 0.29) is 11.5 Å². The third kappa shape index (κ3) is 9.74. The summed E-state index contributed by atoms with van der Waals surface area (Å²) < 4.78 is 38.2. The van der Waals surface area contributed by atoms with Crippen LogP contribution in [0.4, 0.5) is 0 Å². The molecular formula is C25H36O5S. The quantitative estimate of drug-likeness (QED) is 0.221. The molecule has 6 heteroatoms. The number of hydrogen-bond donors (Lipinski definition) is 2. The van der Waals surface area contributed by atoms with Crippen molar-refractivity contribution in [3.63, 3.8) is 0 Å². The van der Waals surface area contributed by atoms with Gasteiger partial charge in [-0.1, -0.05) is 83.3 Å². The van der Waals surface area contributed by atoms with Gasteiger partial charge in [0.1, 0.15) is 22.1 Å². The van der Waals surface area contributed by atoms with Crippen LogP contribution < -0.4 is 4.74 Å². The predicted molar refractivity (Wildman–Crippen MR) is 125 cm³/mol. The van der Waals surface area contributed by atoms with Gasteiger partial charge in [0.05, 0.1) is 0 Å². The molecule has 0 saturated carbocycles. The second-order valence-corrected chi connectivity index (χ2v) is 9.53. The molecular weight excluding hydrogens is 412 g/mol. The largest absolute Gasteiger partial charge is 0.508 e. The summed E-state index contributed by atoms with van der Waals surface area (Å²) in [5.41, 5.74) is 1.13. The van der Waals surface area contributed by atoms with Crippen LogP contribution in [0.2, 0.25) is 0 Å². The molecule has 0 fully saturated rings. The van der Waals surface area contributed by atoms with Gasteiger partial charge in [0, 0.05) is 6.07 Å². The number of unbranched alkanes of at least 4 members (excludes halogenated alkanes) is 10. The zero-order valence-corrected chi connectivity index (χ0v) is 19.4. The van der Waals surface area contributed by atoms with E-state index in [0.29, 0.717) is 5.75 Å². The van der Waals surface area contributed by atoms with Crippen LogP contribution in [0, 0.1) is 0 Å². The molecule has 5 nitrogen and oxygen atoms in total. The van der Waals surface area contributed by atoms with E-state index in [1.165, 1.54) is 76.3 Å². The van der Waals surface area contributed by atoms with E-state index in [0.717, 1.165) is 24.5 Å². The Balaban J connectivity index is 1.75. The third-order valence-corrected chi connectivity index (χ3v) is 6.28. The number of phenolic OH excluding ortho intramolecular Hbond substituents is 1. The van der Waals surface area contributed by atoms with Crippen LogP contribution in [-0.4, -0.2) is 18.1 Å². The minimum absolute atomic E-state index is 0.0212. The molecule has 0 atom stereocenters. The molecule has 31 heavy (non-hydrogen) atoms. The first-order chi connectivity index (χ1) is 14.9. The number of aromatic hydroxyl groups is 1. The Morgan fingerprint density at radius 3 is 2.03 bits per heavy atom. The van der Waals surface area contributed by atoms with E-state index in [1.807, 2.05) is 18.2 Å². The Hall–Kier alpha value is -2.05. The van der Waals surface area contributed by atoms with Crippen molar-refractivity contribution in [2.24, 2.45) is 0 Å². The maximum absolute atomic E-state index is 11.6. The molecule has 0 spiro atoms. The summed E-state index contributed by atoms with van der Waals surface area (Å²) in [5.74, 6) is 0.216. The Kier molecular flexibility index (Phi) is 10.9. The van der Waals surface area contributed by atoms with E-state index in [2.05, 4.69) is 6.92 Å². The first kappa shape index (κ1) is 25.2. The van der Waals surface area contributed by atoms with Crippen LogP contribution in [-0.2, 0) is 16.5 Å². The SMILES string of the molecule is CCCCCCCCCCCCCc1cccc(Oc2ccc(O)cc2S(=O)(=O)O)c1. The lowest BCUT2D eigenvalue weighted by Gasteiger charge is -2.11. The second kappa shape index (κ2) is 13.4. The Labute approximate surface area is 187 Å². The van der Waals surface area contributed by atoms with Crippen LogP contribution in [0.3, 0.4) is 0 Å². The first-order valence-corrected chi connectivity index (χ1v) is 12.9. The molecule has 172 valence electrons. The van der Waals surface area contributed by atoms with Crippen LogP contribution >= 0.6 is 0 Å². The van der Waals surface area contributed by atoms with Gasteiger partial charge in [-0.15, -0.1) is 0 Å². The lowest BCUT2D eigenvalue weighted by Crippen LogP contribution is -2.01. The van der Waals surface area contributed by atoms with Crippen molar-refractivity contribution in [2.75, 3.05) is 0 Å². The Morgan fingerprint density at radius 1 is 0.806 bits per heavy atom. The molecule has 0 heterocycles. The monoisotopic (exact) mass is 448 g/mol. The molecule has 0 aromatic heterocycles. The molecule has 0 radical (unpaired) electrons. The molecule has 0 aliphatic rings. The molecule has 2 rings (SSSR count). The predicted octanol–water partition coefficient (Wildman–Crippen LogP) is 7.28. The van der Waals surface area contributed by atoms with Gasteiger partial charge >= 0.3 is 0 Å². The number of aryl methyl sites for hydroxylation is 1. The fourth-order valence-electron chi connectivity index (χ4n) is 3.67. The van der Waals surface area contributed by atoms with E-state index in [9.17, 15) is 18.1 Å². The maximum Gasteiger partial charge on any atom is 0.298 e. The Morgan fingerprint density at radius 2 is 1.42 bits per heavy atom. The van der Waals surface area contributed by atoms with Gasteiger partial charge in [-0.2, -0.15) is 8.42 Å². The van der Waals surface area contributed by atoms with Crippen molar-refractivity contribution in [3.8, 4) is 17.2 Å². The highest BCUT2D eigenvalue weighted by atomic mass is 32.2. The van der Waals surface area contributed by atoms with Gasteiger partial charge in [-0.25, -0.2) is 0 Å². The summed E-state index contributed by atoms with van der Waals surface area (Å²) >= 11 is 0. The molecule has 2 aromatic rings. The summed E-state index contributed by atoms with van der Waals surface area (Å²) in [6.07, 6.45) is 15.3. The molecule has 0 aliphatic carbocycles. The molecule has 0 aliphatic heterocycles. The van der Waals surface area contributed by atoms with Crippen LogP contribution in [0.1, 0.15) is 83.1 Å². The second-order valence-electron chi connectivity index (χ2n) is 8.14. The number of ether oxygens (including phenoxy) is 1. The highest BCUT2D eigenvalue weighted by Crippen LogP contribution is 2.32. The lowest BCUT2D eigenvalue weighted by molar-refractivity contribution is 0.438. The fourth-order valence-corrected chi connectivity index (χ4v) is 4.30. The lowest BCUT2D eigenvalue weighted by atomic mass is 10.0. The van der Waals surface area contributed by atoms with Crippen LogP contribution in [0.5, 0.6) is 17.2 Å². The molecule has 0 unspecified atom stereocenters. The number of hydrogen-bond acceptors (Lipinski definition) is 4. The normalized spacial score (nSPS) is 11.5. The molecule has 2 aromatic carbocycles. The van der Waals surface area contributed by atoms with Gasteiger partial charge in [-0.05, 0) is 42.7 Å². The summed E-state index contributed by atoms with van der Waals surface area (Å²) in [4.78, 5) is -0.455.